The molecule has 0 fully saturated rings. The van der Waals surface area contributed by atoms with E-state index in [9.17, 15) is 9.59 Å². The molecule has 0 radical (unpaired) electrons. The van der Waals surface area contributed by atoms with Crippen LogP contribution in [0.2, 0.25) is 5.02 Å². The summed E-state index contributed by atoms with van der Waals surface area (Å²) in [4.78, 5) is 24.2. The summed E-state index contributed by atoms with van der Waals surface area (Å²) in [7, 11) is 0. The van der Waals surface area contributed by atoms with Gasteiger partial charge < -0.3 is 16.0 Å². The number of benzene rings is 2. The number of nitrogens with one attached hydrogen (secondary N) is 3. The maximum atomic E-state index is 12.2. The van der Waals surface area contributed by atoms with Crippen LogP contribution in [0, 0.1) is 12.3 Å². The van der Waals surface area contributed by atoms with Crippen LogP contribution < -0.4 is 16.0 Å². The van der Waals surface area contributed by atoms with E-state index in [1.807, 2.05) is 52.0 Å². The lowest BCUT2D eigenvalue weighted by Crippen LogP contribution is -2.27. The summed E-state index contributed by atoms with van der Waals surface area (Å²) in [5.41, 5.74) is 2.58. The molecule has 3 N–H and O–H groups in total. The Labute approximate surface area is 159 Å². The molecule has 5 nitrogen and oxygen atoms in total. The van der Waals surface area contributed by atoms with Crippen molar-refractivity contribution in [2.24, 2.45) is 5.41 Å². The Balaban J connectivity index is 1.95. The van der Waals surface area contributed by atoms with Crippen LogP contribution in [0.25, 0.3) is 0 Å². The molecule has 0 unspecified atom stereocenters. The monoisotopic (exact) mass is 373 g/mol. The predicted molar refractivity (Wildman–Crippen MR) is 108 cm³/mol. The van der Waals surface area contributed by atoms with Crippen LogP contribution in [-0.2, 0) is 9.59 Å². The van der Waals surface area contributed by atoms with Crippen LogP contribution in [0.5, 0.6) is 0 Å². The highest BCUT2D eigenvalue weighted by Crippen LogP contribution is 2.21. The molecular formula is C20H24ClN3O2. The molecule has 2 rings (SSSR count). The van der Waals surface area contributed by atoms with Crippen molar-refractivity contribution in [1.29, 1.82) is 0 Å². The molecule has 0 aliphatic heterocycles. The van der Waals surface area contributed by atoms with Crippen molar-refractivity contribution in [2.75, 3.05) is 22.5 Å². The van der Waals surface area contributed by atoms with Gasteiger partial charge in [0.05, 0.1) is 6.54 Å². The van der Waals surface area contributed by atoms with Crippen molar-refractivity contribution in [1.82, 2.24) is 0 Å². The second-order valence-electron chi connectivity index (χ2n) is 7.15. The zero-order chi connectivity index (χ0) is 19.3. The molecule has 2 aromatic carbocycles. The molecule has 2 aromatic rings. The van der Waals surface area contributed by atoms with E-state index in [4.69, 9.17) is 11.6 Å². The molecule has 26 heavy (non-hydrogen) atoms. The highest BCUT2D eigenvalue weighted by atomic mass is 35.5. The van der Waals surface area contributed by atoms with E-state index in [1.54, 1.807) is 18.2 Å². The Morgan fingerprint density at radius 3 is 2.38 bits per heavy atom. The van der Waals surface area contributed by atoms with E-state index in [1.165, 1.54) is 0 Å². The second-order valence-corrected chi connectivity index (χ2v) is 7.58. The topological polar surface area (TPSA) is 70.2 Å². The zero-order valence-electron chi connectivity index (χ0n) is 15.4. The largest absolute Gasteiger partial charge is 0.376 e. The molecule has 2 amide bonds. The number of carbonyl (C=O) groups excluding carboxylic acids is 2. The number of amides is 2. The van der Waals surface area contributed by atoms with Crippen LogP contribution in [0.4, 0.5) is 17.1 Å². The molecule has 0 bridgehead atoms. The summed E-state index contributed by atoms with van der Waals surface area (Å²) >= 11 is 5.96. The summed E-state index contributed by atoms with van der Waals surface area (Å²) in [5, 5.41) is 9.33. The van der Waals surface area contributed by atoms with E-state index in [0.717, 1.165) is 11.3 Å². The first-order valence-corrected chi connectivity index (χ1v) is 8.74. The van der Waals surface area contributed by atoms with Gasteiger partial charge in [0.15, 0.2) is 0 Å². The smallest absolute Gasteiger partial charge is 0.243 e. The molecule has 0 saturated carbocycles. The minimum Gasteiger partial charge on any atom is -0.376 e. The van der Waals surface area contributed by atoms with Crippen LogP contribution in [0.15, 0.2) is 42.5 Å². The molecule has 0 aliphatic carbocycles. The van der Waals surface area contributed by atoms with Gasteiger partial charge in [-0.05, 0) is 42.8 Å². The number of halogens is 1. The molecule has 0 spiro atoms. The minimum absolute atomic E-state index is 0.0659. The van der Waals surface area contributed by atoms with Gasteiger partial charge in [-0.1, -0.05) is 44.5 Å². The molecule has 0 heterocycles. The lowest BCUT2D eigenvalue weighted by molar-refractivity contribution is -0.123. The lowest BCUT2D eigenvalue weighted by atomic mass is 9.95. The number of hydrogen-bond acceptors (Lipinski definition) is 3. The van der Waals surface area contributed by atoms with Gasteiger partial charge in [0.25, 0.3) is 0 Å². The SMILES string of the molecule is Cc1ccc(Cl)cc1NC(=O)CNc1cccc(NC(=O)C(C)(C)C)c1. The van der Waals surface area contributed by atoms with Gasteiger partial charge in [-0.15, -0.1) is 0 Å². The first-order valence-electron chi connectivity index (χ1n) is 8.36. The van der Waals surface area contributed by atoms with Gasteiger partial charge in [0, 0.05) is 27.5 Å². The van der Waals surface area contributed by atoms with Gasteiger partial charge in [-0.3, -0.25) is 9.59 Å². The van der Waals surface area contributed by atoms with E-state index < -0.39 is 5.41 Å². The Hall–Kier alpha value is -2.53. The summed E-state index contributed by atoms with van der Waals surface area (Å²) < 4.78 is 0. The Morgan fingerprint density at radius 1 is 1.00 bits per heavy atom. The quantitative estimate of drug-likeness (QED) is 0.712. The van der Waals surface area contributed by atoms with Gasteiger partial charge in [0.2, 0.25) is 11.8 Å². The Kier molecular flexibility index (Phi) is 6.27. The van der Waals surface area contributed by atoms with Gasteiger partial charge >= 0.3 is 0 Å². The summed E-state index contributed by atoms with van der Waals surface area (Å²) in [6, 6.07) is 12.6. The molecule has 138 valence electrons. The van der Waals surface area contributed by atoms with Crippen molar-refractivity contribution >= 4 is 40.5 Å². The van der Waals surface area contributed by atoms with E-state index in [0.29, 0.717) is 16.4 Å². The second kappa shape index (κ2) is 8.23. The first-order chi connectivity index (χ1) is 12.1. The third-order valence-corrected chi connectivity index (χ3v) is 3.96. The highest BCUT2D eigenvalue weighted by molar-refractivity contribution is 6.31. The van der Waals surface area contributed by atoms with Crippen LogP contribution in [0.3, 0.4) is 0 Å². The maximum absolute atomic E-state index is 12.2. The van der Waals surface area contributed by atoms with E-state index >= 15 is 0 Å². The van der Waals surface area contributed by atoms with E-state index in [-0.39, 0.29) is 18.4 Å². The molecule has 0 atom stereocenters. The predicted octanol–water partition coefficient (Wildman–Crippen LogP) is 4.68. The number of carbonyl (C=O) groups is 2. The van der Waals surface area contributed by atoms with Crippen LogP contribution in [-0.4, -0.2) is 18.4 Å². The van der Waals surface area contributed by atoms with Crippen molar-refractivity contribution in [2.45, 2.75) is 27.7 Å². The average Bonchev–Trinajstić information content (AvgIpc) is 2.56. The van der Waals surface area contributed by atoms with Gasteiger partial charge in [-0.25, -0.2) is 0 Å². The summed E-state index contributed by atoms with van der Waals surface area (Å²) in [5.74, 6) is -0.247. The summed E-state index contributed by atoms with van der Waals surface area (Å²) in [6.07, 6.45) is 0. The fraction of sp³-hybridized carbons (Fsp3) is 0.300. The van der Waals surface area contributed by atoms with Crippen molar-refractivity contribution in [3.05, 3.63) is 53.1 Å². The molecule has 0 aliphatic rings. The minimum atomic E-state index is -0.474. The first kappa shape index (κ1) is 19.8. The van der Waals surface area contributed by atoms with Crippen molar-refractivity contribution in [3.63, 3.8) is 0 Å². The standard InChI is InChI=1S/C20H24ClN3O2/c1-13-8-9-14(21)10-17(13)24-18(25)12-22-15-6-5-7-16(11-15)23-19(26)20(2,3)4/h5-11,22H,12H2,1-4H3,(H,23,26)(H,24,25). The van der Waals surface area contributed by atoms with Crippen molar-refractivity contribution < 1.29 is 9.59 Å². The lowest BCUT2D eigenvalue weighted by Gasteiger charge is -2.18. The Bertz CT molecular complexity index is 813. The average molecular weight is 374 g/mol. The molecule has 6 heteroatoms. The number of aryl methyl sites for hydroxylation is 1. The highest BCUT2D eigenvalue weighted by Gasteiger charge is 2.21. The zero-order valence-corrected chi connectivity index (χ0v) is 16.2. The molecule has 0 saturated heterocycles. The van der Waals surface area contributed by atoms with Gasteiger partial charge in [-0.2, -0.15) is 0 Å². The fourth-order valence-corrected chi connectivity index (χ4v) is 2.30. The number of rotatable bonds is 5. The molecular weight excluding hydrogens is 350 g/mol. The number of anilines is 3. The fourth-order valence-electron chi connectivity index (χ4n) is 2.13. The normalized spacial score (nSPS) is 11.0. The van der Waals surface area contributed by atoms with Crippen molar-refractivity contribution in [3.8, 4) is 0 Å². The van der Waals surface area contributed by atoms with Crippen LogP contribution >= 0.6 is 11.6 Å². The third kappa shape index (κ3) is 5.77. The van der Waals surface area contributed by atoms with Crippen LogP contribution in [0.1, 0.15) is 26.3 Å². The van der Waals surface area contributed by atoms with Gasteiger partial charge in [0.1, 0.15) is 0 Å². The third-order valence-electron chi connectivity index (χ3n) is 3.73. The number of hydrogen-bond donors (Lipinski definition) is 3. The maximum Gasteiger partial charge on any atom is 0.243 e. The Morgan fingerprint density at radius 2 is 1.69 bits per heavy atom. The molecule has 0 aromatic heterocycles. The van der Waals surface area contributed by atoms with E-state index in [2.05, 4.69) is 16.0 Å². The summed E-state index contributed by atoms with van der Waals surface area (Å²) in [6.45, 7) is 7.56.